The summed E-state index contributed by atoms with van der Waals surface area (Å²) in [5.41, 5.74) is 0.507. The molecule has 5 nitrogen and oxygen atoms in total. The fourth-order valence-corrected chi connectivity index (χ4v) is 2.12. The Morgan fingerprint density at radius 3 is 2.58 bits per heavy atom. The highest BCUT2D eigenvalue weighted by atomic mass is 35.5. The van der Waals surface area contributed by atoms with Crippen molar-refractivity contribution in [3.05, 3.63) is 24.3 Å². The number of anilines is 1. The summed E-state index contributed by atoms with van der Waals surface area (Å²) >= 11 is 0. The van der Waals surface area contributed by atoms with E-state index in [1.54, 1.807) is 12.1 Å². The van der Waals surface area contributed by atoms with E-state index in [9.17, 15) is 13.2 Å². The lowest BCUT2D eigenvalue weighted by Crippen LogP contribution is -2.15. The monoisotopic (exact) mass is 306 g/mol. The lowest BCUT2D eigenvalue weighted by Gasteiger charge is -2.06. The molecule has 108 valence electrons. The van der Waals surface area contributed by atoms with Crippen LogP contribution in [0.5, 0.6) is 0 Å². The highest BCUT2D eigenvalue weighted by Crippen LogP contribution is 2.15. The van der Waals surface area contributed by atoms with Gasteiger partial charge in [-0.15, -0.1) is 12.4 Å². The topological polar surface area (TPSA) is 75.3 Å². The number of halogens is 1. The summed E-state index contributed by atoms with van der Waals surface area (Å²) in [5.74, 6) is -0.115. The van der Waals surface area contributed by atoms with Crippen molar-refractivity contribution in [1.82, 2.24) is 5.32 Å². The quantitative estimate of drug-likeness (QED) is 0.780. The second-order valence-corrected chi connectivity index (χ2v) is 6.07. The molecule has 1 amide bonds. The van der Waals surface area contributed by atoms with Gasteiger partial charge in [-0.2, -0.15) is 0 Å². The fraction of sp³-hybridized carbons (Fsp3) is 0.417. The van der Waals surface area contributed by atoms with Crippen LogP contribution in [0.25, 0.3) is 0 Å². The number of carbonyl (C=O) groups excluding carboxylic acids is 1. The van der Waals surface area contributed by atoms with Crippen molar-refractivity contribution in [2.75, 3.05) is 25.2 Å². The van der Waals surface area contributed by atoms with Crippen LogP contribution < -0.4 is 10.6 Å². The van der Waals surface area contributed by atoms with Crippen LogP contribution in [0.3, 0.4) is 0 Å². The minimum atomic E-state index is -3.24. The molecule has 7 heteroatoms. The Balaban J connectivity index is 0.00000324. The van der Waals surface area contributed by atoms with E-state index in [0.29, 0.717) is 12.1 Å². The molecule has 2 N–H and O–H groups in total. The first-order chi connectivity index (χ1) is 8.43. The van der Waals surface area contributed by atoms with Gasteiger partial charge in [0.2, 0.25) is 5.91 Å². The van der Waals surface area contributed by atoms with Gasteiger partial charge in [0.05, 0.1) is 4.90 Å². The lowest BCUT2D eigenvalue weighted by atomic mass is 10.2. The summed E-state index contributed by atoms with van der Waals surface area (Å²) in [4.78, 5) is 11.8. The maximum absolute atomic E-state index is 11.6. The number of nitrogens with one attached hydrogen (secondary N) is 2. The molecule has 0 fully saturated rings. The van der Waals surface area contributed by atoms with Crippen LogP contribution in [0.4, 0.5) is 5.69 Å². The number of hydrogen-bond acceptors (Lipinski definition) is 4. The number of sulfone groups is 1. The number of amides is 1. The van der Waals surface area contributed by atoms with Crippen LogP contribution in [0, 0.1) is 0 Å². The molecule has 1 aromatic rings. The zero-order valence-electron chi connectivity index (χ0n) is 11.0. The van der Waals surface area contributed by atoms with Gasteiger partial charge < -0.3 is 10.6 Å². The molecule has 1 rings (SSSR count). The van der Waals surface area contributed by atoms with Gasteiger partial charge in [0, 0.05) is 18.4 Å². The normalized spacial score (nSPS) is 10.6. The first-order valence-corrected chi connectivity index (χ1v) is 7.57. The molecule has 0 heterocycles. The molecule has 1 aromatic carbocycles. The third-order valence-corrected chi connectivity index (χ3v) is 3.49. The highest BCUT2D eigenvalue weighted by Gasteiger charge is 2.08. The van der Waals surface area contributed by atoms with Gasteiger partial charge >= 0.3 is 0 Å². The van der Waals surface area contributed by atoms with E-state index in [4.69, 9.17) is 0 Å². The molecule has 0 spiro atoms. The first-order valence-electron chi connectivity index (χ1n) is 5.68. The molecule has 0 aliphatic rings. The molecule has 0 radical (unpaired) electrons. The SMILES string of the molecule is CNCCCC(=O)Nc1cccc(S(C)(=O)=O)c1.Cl. The Morgan fingerprint density at radius 1 is 1.32 bits per heavy atom. The van der Waals surface area contributed by atoms with Crippen molar-refractivity contribution < 1.29 is 13.2 Å². The Labute approximate surface area is 120 Å². The van der Waals surface area contributed by atoms with Crippen molar-refractivity contribution in [1.29, 1.82) is 0 Å². The first kappa shape index (κ1) is 17.9. The van der Waals surface area contributed by atoms with E-state index in [0.717, 1.165) is 19.2 Å². The largest absolute Gasteiger partial charge is 0.326 e. The van der Waals surface area contributed by atoms with Crippen molar-refractivity contribution in [2.24, 2.45) is 0 Å². The average Bonchev–Trinajstić information content (AvgIpc) is 2.28. The highest BCUT2D eigenvalue weighted by molar-refractivity contribution is 7.90. The Morgan fingerprint density at radius 2 is 2.00 bits per heavy atom. The minimum absolute atomic E-state index is 0. The van der Waals surface area contributed by atoms with Gasteiger partial charge in [-0.1, -0.05) is 6.07 Å². The molecule has 0 unspecified atom stereocenters. The van der Waals surface area contributed by atoms with Crippen molar-refractivity contribution in [3.63, 3.8) is 0 Å². The summed E-state index contributed by atoms with van der Waals surface area (Å²) in [6.45, 7) is 0.775. The van der Waals surface area contributed by atoms with Gasteiger partial charge in [-0.3, -0.25) is 4.79 Å². The van der Waals surface area contributed by atoms with Crippen LogP contribution >= 0.6 is 12.4 Å². The molecule has 0 aliphatic carbocycles. The van der Waals surface area contributed by atoms with E-state index in [1.807, 2.05) is 7.05 Å². The van der Waals surface area contributed by atoms with E-state index in [-0.39, 0.29) is 23.2 Å². The van der Waals surface area contributed by atoms with Gasteiger partial charge in [0.15, 0.2) is 9.84 Å². The average molecular weight is 307 g/mol. The number of rotatable bonds is 6. The van der Waals surface area contributed by atoms with Gasteiger partial charge in [0.25, 0.3) is 0 Å². The molecule has 0 aromatic heterocycles. The maximum Gasteiger partial charge on any atom is 0.224 e. The fourth-order valence-electron chi connectivity index (χ4n) is 1.45. The second kappa shape index (κ2) is 8.14. The zero-order chi connectivity index (χ0) is 13.6. The van der Waals surface area contributed by atoms with Gasteiger partial charge in [-0.25, -0.2) is 8.42 Å². The molecule has 0 bridgehead atoms. The Bertz CT molecular complexity index is 517. The maximum atomic E-state index is 11.6. The van der Waals surface area contributed by atoms with E-state index in [1.165, 1.54) is 12.1 Å². The van der Waals surface area contributed by atoms with Crippen LogP contribution in [-0.2, 0) is 14.6 Å². The number of carbonyl (C=O) groups is 1. The van der Waals surface area contributed by atoms with Crippen LogP contribution in [-0.4, -0.2) is 34.2 Å². The molecule has 0 saturated heterocycles. The van der Waals surface area contributed by atoms with E-state index >= 15 is 0 Å². The molecule has 0 atom stereocenters. The number of benzene rings is 1. The molecular weight excluding hydrogens is 288 g/mol. The standard InChI is InChI=1S/C12H18N2O3S.ClH/c1-13-8-4-7-12(15)14-10-5-3-6-11(9-10)18(2,16)17;/h3,5-6,9,13H,4,7-8H2,1-2H3,(H,14,15);1H. The summed E-state index contributed by atoms with van der Waals surface area (Å²) in [6, 6.07) is 6.25. The zero-order valence-corrected chi connectivity index (χ0v) is 12.6. The molecule has 19 heavy (non-hydrogen) atoms. The predicted molar refractivity (Wildman–Crippen MR) is 78.6 cm³/mol. The van der Waals surface area contributed by atoms with Crippen molar-refractivity contribution in [2.45, 2.75) is 17.7 Å². The van der Waals surface area contributed by atoms with Crippen molar-refractivity contribution >= 4 is 33.8 Å². The third-order valence-electron chi connectivity index (χ3n) is 2.38. The molecule has 0 aliphatic heterocycles. The van der Waals surface area contributed by atoms with E-state index in [2.05, 4.69) is 10.6 Å². The summed E-state index contributed by atoms with van der Waals surface area (Å²) in [5, 5.41) is 5.64. The second-order valence-electron chi connectivity index (χ2n) is 4.06. The molecular formula is C12H19ClN2O3S. The summed E-state index contributed by atoms with van der Waals surface area (Å²) in [7, 11) is -1.42. The Kier molecular flexibility index (Phi) is 7.66. The van der Waals surface area contributed by atoms with Crippen LogP contribution in [0.2, 0.25) is 0 Å². The van der Waals surface area contributed by atoms with Gasteiger partial charge in [0.1, 0.15) is 0 Å². The third kappa shape index (κ3) is 6.56. The summed E-state index contributed by atoms with van der Waals surface area (Å²) in [6.07, 6.45) is 2.29. The van der Waals surface area contributed by atoms with Crippen LogP contribution in [0.1, 0.15) is 12.8 Å². The Hall–Kier alpha value is -1.11. The predicted octanol–water partition coefficient (Wildman–Crippen LogP) is 1.45. The smallest absolute Gasteiger partial charge is 0.224 e. The van der Waals surface area contributed by atoms with Gasteiger partial charge in [-0.05, 0) is 38.2 Å². The number of hydrogen-bond donors (Lipinski definition) is 2. The summed E-state index contributed by atoms with van der Waals surface area (Å²) < 4.78 is 22.7. The minimum Gasteiger partial charge on any atom is -0.326 e. The van der Waals surface area contributed by atoms with E-state index < -0.39 is 9.84 Å². The van der Waals surface area contributed by atoms with Crippen molar-refractivity contribution in [3.8, 4) is 0 Å². The lowest BCUT2D eigenvalue weighted by molar-refractivity contribution is -0.116. The molecule has 0 saturated carbocycles. The van der Waals surface area contributed by atoms with Crippen LogP contribution in [0.15, 0.2) is 29.2 Å².